The van der Waals surface area contributed by atoms with Crippen molar-refractivity contribution in [1.82, 2.24) is 0 Å². The van der Waals surface area contributed by atoms with Crippen LogP contribution in [0.25, 0.3) is 0 Å². The first-order valence-corrected chi connectivity index (χ1v) is 5.50. The lowest BCUT2D eigenvalue weighted by Gasteiger charge is -2.12. The predicted octanol–water partition coefficient (Wildman–Crippen LogP) is 3.12. The van der Waals surface area contributed by atoms with Gasteiger partial charge in [0.15, 0.2) is 0 Å². The lowest BCUT2D eigenvalue weighted by Crippen LogP contribution is -2.01. The molecule has 2 nitrogen and oxygen atoms in total. The normalized spacial score (nSPS) is 11.1. The smallest absolute Gasteiger partial charge is 0.0479 e. The molecule has 0 aromatic heterocycles. The molecule has 0 radical (unpaired) electrons. The number of hydrogen-bond acceptors (Lipinski definition) is 2. The zero-order valence-corrected chi connectivity index (χ0v) is 9.75. The zero-order valence-electron chi connectivity index (χ0n) is 9.75. The summed E-state index contributed by atoms with van der Waals surface area (Å²) in [5.41, 5.74) is 5.37. The predicted molar refractivity (Wildman–Crippen MR) is 63.9 cm³/mol. The first kappa shape index (κ1) is 11.8. The molecule has 0 aliphatic rings. The average molecular weight is 205 g/mol. The molecule has 15 heavy (non-hydrogen) atoms. The Balaban J connectivity index is 3.17. The molecule has 0 bridgehead atoms. The third kappa shape index (κ3) is 2.82. The molecule has 0 unspecified atom stereocenters. The van der Waals surface area contributed by atoms with Gasteiger partial charge in [-0.1, -0.05) is 31.5 Å². The molecule has 0 atom stereocenters. The second-order valence-corrected chi connectivity index (χ2v) is 3.77. The minimum absolute atomic E-state index is 0.725. The SMILES string of the molecule is CCc1cc(C)cc(CC)c1CC=NO. The molecule has 0 heterocycles. The van der Waals surface area contributed by atoms with Crippen LogP contribution in [0, 0.1) is 6.92 Å². The van der Waals surface area contributed by atoms with E-state index >= 15 is 0 Å². The molecule has 2 heteroatoms. The van der Waals surface area contributed by atoms with Gasteiger partial charge in [0.2, 0.25) is 0 Å². The maximum atomic E-state index is 8.48. The Morgan fingerprint density at radius 3 is 2.13 bits per heavy atom. The summed E-state index contributed by atoms with van der Waals surface area (Å²) < 4.78 is 0. The van der Waals surface area contributed by atoms with E-state index < -0.39 is 0 Å². The average Bonchev–Trinajstić information content (AvgIpc) is 2.26. The molecular formula is C13H19NO. The molecule has 0 amide bonds. The van der Waals surface area contributed by atoms with Crippen LogP contribution >= 0.6 is 0 Å². The Morgan fingerprint density at radius 1 is 1.20 bits per heavy atom. The lowest BCUT2D eigenvalue weighted by molar-refractivity contribution is 0.320. The van der Waals surface area contributed by atoms with Gasteiger partial charge in [0, 0.05) is 12.6 Å². The van der Waals surface area contributed by atoms with Crippen molar-refractivity contribution in [3.63, 3.8) is 0 Å². The maximum absolute atomic E-state index is 8.48. The summed E-state index contributed by atoms with van der Waals surface area (Å²) in [6.07, 6.45) is 4.35. The van der Waals surface area contributed by atoms with Crippen LogP contribution in [0.15, 0.2) is 17.3 Å². The van der Waals surface area contributed by atoms with Gasteiger partial charge in [-0.2, -0.15) is 0 Å². The summed E-state index contributed by atoms with van der Waals surface area (Å²) in [6, 6.07) is 4.44. The molecule has 0 aliphatic carbocycles. The molecule has 1 aromatic rings. The summed E-state index contributed by atoms with van der Waals surface area (Å²) in [5.74, 6) is 0. The number of aryl methyl sites for hydroxylation is 3. The maximum Gasteiger partial charge on any atom is 0.0479 e. The minimum atomic E-state index is 0.725. The van der Waals surface area contributed by atoms with Crippen molar-refractivity contribution in [1.29, 1.82) is 0 Å². The fourth-order valence-electron chi connectivity index (χ4n) is 2.00. The van der Waals surface area contributed by atoms with Crippen LogP contribution in [0.3, 0.4) is 0 Å². The second kappa shape index (κ2) is 5.54. The van der Waals surface area contributed by atoms with Gasteiger partial charge in [-0.3, -0.25) is 0 Å². The Labute approximate surface area is 91.6 Å². The number of benzene rings is 1. The van der Waals surface area contributed by atoms with E-state index in [2.05, 4.69) is 38.1 Å². The van der Waals surface area contributed by atoms with Gasteiger partial charge < -0.3 is 5.21 Å². The highest BCUT2D eigenvalue weighted by Gasteiger charge is 2.06. The van der Waals surface area contributed by atoms with Crippen molar-refractivity contribution >= 4 is 6.21 Å². The molecule has 0 saturated heterocycles. The van der Waals surface area contributed by atoms with Crippen LogP contribution in [0.5, 0.6) is 0 Å². The molecule has 0 aliphatic heterocycles. The first-order valence-electron chi connectivity index (χ1n) is 5.50. The van der Waals surface area contributed by atoms with E-state index in [9.17, 15) is 0 Å². The summed E-state index contributed by atoms with van der Waals surface area (Å²) in [4.78, 5) is 0. The summed E-state index contributed by atoms with van der Waals surface area (Å²) in [6.45, 7) is 6.45. The van der Waals surface area contributed by atoms with Gasteiger partial charge >= 0.3 is 0 Å². The van der Waals surface area contributed by atoms with E-state index in [1.54, 1.807) is 6.21 Å². The number of rotatable bonds is 4. The van der Waals surface area contributed by atoms with Crippen molar-refractivity contribution < 1.29 is 5.21 Å². The Morgan fingerprint density at radius 2 is 1.73 bits per heavy atom. The molecule has 1 rings (SSSR count). The molecule has 0 fully saturated rings. The Hall–Kier alpha value is -1.31. The Bertz CT molecular complexity index is 331. The van der Waals surface area contributed by atoms with E-state index in [1.807, 2.05) is 0 Å². The van der Waals surface area contributed by atoms with Gasteiger partial charge in [0.1, 0.15) is 0 Å². The molecule has 1 aromatic carbocycles. The standard InChI is InChI=1S/C13H19NO/c1-4-11-8-10(3)9-12(5-2)13(11)6-7-14-15/h7-9,15H,4-6H2,1-3H3. The van der Waals surface area contributed by atoms with E-state index in [0.29, 0.717) is 0 Å². The summed E-state index contributed by atoms with van der Waals surface area (Å²) in [5, 5.41) is 11.6. The largest absolute Gasteiger partial charge is 0.411 e. The third-order valence-corrected chi connectivity index (χ3v) is 2.72. The van der Waals surface area contributed by atoms with Gasteiger partial charge in [-0.15, -0.1) is 5.16 Å². The molecule has 82 valence electrons. The molecule has 1 N–H and O–H groups in total. The van der Waals surface area contributed by atoms with Crippen LogP contribution in [0.2, 0.25) is 0 Å². The fraction of sp³-hybridized carbons (Fsp3) is 0.462. The lowest BCUT2D eigenvalue weighted by atomic mass is 9.93. The van der Waals surface area contributed by atoms with Crippen molar-refractivity contribution in [2.75, 3.05) is 0 Å². The highest BCUT2D eigenvalue weighted by molar-refractivity contribution is 5.63. The topological polar surface area (TPSA) is 32.6 Å². The molecule has 0 saturated carbocycles. The van der Waals surface area contributed by atoms with Gasteiger partial charge in [-0.25, -0.2) is 0 Å². The van der Waals surface area contributed by atoms with Crippen molar-refractivity contribution in [3.8, 4) is 0 Å². The van der Waals surface area contributed by atoms with Gasteiger partial charge in [-0.05, 0) is 36.5 Å². The highest BCUT2D eigenvalue weighted by atomic mass is 16.4. The van der Waals surface area contributed by atoms with E-state index in [1.165, 1.54) is 22.3 Å². The second-order valence-electron chi connectivity index (χ2n) is 3.77. The fourth-order valence-corrected chi connectivity index (χ4v) is 2.00. The van der Waals surface area contributed by atoms with Crippen molar-refractivity contribution in [3.05, 3.63) is 34.4 Å². The van der Waals surface area contributed by atoms with Crippen LogP contribution < -0.4 is 0 Å². The van der Waals surface area contributed by atoms with Gasteiger partial charge in [0.25, 0.3) is 0 Å². The number of hydrogen-bond donors (Lipinski definition) is 1. The summed E-state index contributed by atoms with van der Waals surface area (Å²) >= 11 is 0. The molecular weight excluding hydrogens is 186 g/mol. The van der Waals surface area contributed by atoms with Crippen molar-refractivity contribution in [2.24, 2.45) is 5.16 Å². The zero-order chi connectivity index (χ0) is 11.3. The Kier molecular flexibility index (Phi) is 4.35. The van der Waals surface area contributed by atoms with Crippen LogP contribution in [0.1, 0.15) is 36.1 Å². The van der Waals surface area contributed by atoms with Crippen LogP contribution in [0.4, 0.5) is 0 Å². The summed E-state index contributed by atoms with van der Waals surface area (Å²) in [7, 11) is 0. The van der Waals surface area contributed by atoms with Crippen LogP contribution in [-0.4, -0.2) is 11.4 Å². The monoisotopic (exact) mass is 205 g/mol. The first-order chi connectivity index (χ1) is 7.22. The minimum Gasteiger partial charge on any atom is -0.411 e. The third-order valence-electron chi connectivity index (χ3n) is 2.72. The quantitative estimate of drug-likeness (QED) is 0.457. The number of oxime groups is 1. The van der Waals surface area contributed by atoms with Crippen molar-refractivity contribution in [2.45, 2.75) is 40.0 Å². The van der Waals surface area contributed by atoms with E-state index in [0.717, 1.165) is 19.3 Å². The molecule has 0 spiro atoms. The highest BCUT2D eigenvalue weighted by Crippen LogP contribution is 2.19. The van der Waals surface area contributed by atoms with E-state index in [-0.39, 0.29) is 0 Å². The van der Waals surface area contributed by atoms with Gasteiger partial charge in [0.05, 0.1) is 0 Å². The van der Waals surface area contributed by atoms with Crippen LogP contribution in [-0.2, 0) is 19.3 Å². The number of nitrogens with zero attached hydrogens (tertiary/aromatic N) is 1. The van der Waals surface area contributed by atoms with E-state index in [4.69, 9.17) is 5.21 Å².